The van der Waals surface area contributed by atoms with Gasteiger partial charge in [0.15, 0.2) is 23.5 Å². The molecule has 3 heterocycles. The molecule has 228 valence electrons. The average molecular weight is 598 g/mol. The van der Waals surface area contributed by atoms with Gasteiger partial charge in [-0.3, -0.25) is 0 Å². The van der Waals surface area contributed by atoms with E-state index in [4.69, 9.17) is 23.4 Å². The third-order valence-electron chi connectivity index (χ3n) is 6.94. The molecular formula is C26H29O16+. The number of benzene rings is 2. The Kier molecular flexibility index (Phi) is 8.17. The molecule has 0 saturated carbocycles. The van der Waals surface area contributed by atoms with Crippen molar-refractivity contribution in [3.05, 3.63) is 30.3 Å². The molecule has 11 N–H and O–H groups in total. The lowest BCUT2D eigenvalue weighted by molar-refractivity contribution is -0.307. The van der Waals surface area contributed by atoms with Crippen LogP contribution in [-0.4, -0.2) is 125 Å². The highest BCUT2D eigenvalue weighted by atomic mass is 16.7. The summed E-state index contributed by atoms with van der Waals surface area (Å²) in [6.45, 7) is -0.907. The molecule has 0 spiro atoms. The fraction of sp³-hybridized carbons (Fsp3) is 0.423. The second kappa shape index (κ2) is 11.5. The van der Waals surface area contributed by atoms with E-state index in [0.717, 1.165) is 24.3 Å². The van der Waals surface area contributed by atoms with E-state index >= 15 is 0 Å². The molecule has 2 aromatic carbocycles. The van der Waals surface area contributed by atoms with Crippen LogP contribution in [0.4, 0.5) is 0 Å². The molecular weight excluding hydrogens is 568 g/mol. The van der Waals surface area contributed by atoms with Gasteiger partial charge in [-0.15, -0.1) is 0 Å². The number of rotatable bonds is 6. The number of aromatic hydroxyl groups is 5. The summed E-state index contributed by atoms with van der Waals surface area (Å²) < 4.78 is 27.8. The van der Waals surface area contributed by atoms with Crippen LogP contribution in [0.3, 0.4) is 0 Å². The molecule has 16 heteroatoms. The Balaban J connectivity index is 1.46. The predicted octanol–water partition coefficient (Wildman–Crippen LogP) is -1.45. The van der Waals surface area contributed by atoms with E-state index in [-0.39, 0.29) is 40.4 Å². The lowest BCUT2D eigenvalue weighted by Crippen LogP contribution is -2.61. The van der Waals surface area contributed by atoms with Crippen LogP contribution in [0.2, 0.25) is 0 Å². The van der Waals surface area contributed by atoms with Crippen molar-refractivity contribution in [1.82, 2.24) is 0 Å². The lowest BCUT2D eigenvalue weighted by atomic mass is 9.99. The summed E-state index contributed by atoms with van der Waals surface area (Å²) in [7, 11) is 0. The van der Waals surface area contributed by atoms with Crippen LogP contribution in [-0.2, 0) is 14.2 Å². The van der Waals surface area contributed by atoms with Crippen molar-refractivity contribution in [3.63, 3.8) is 0 Å². The van der Waals surface area contributed by atoms with Crippen LogP contribution in [0.15, 0.2) is 34.7 Å². The van der Waals surface area contributed by atoms with E-state index in [9.17, 15) is 56.2 Å². The summed E-state index contributed by atoms with van der Waals surface area (Å²) >= 11 is 0. The highest BCUT2D eigenvalue weighted by Gasteiger charge is 2.47. The van der Waals surface area contributed by atoms with Gasteiger partial charge in [-0.05, 0) is 0 Å². The highest BCUT2D eigenvalue weighted by Crippen LogP contribution is 2.44. The number of phenols is 5. The second-order valence-electron chi connectivity index (χ2n) is 9.90. The molecule has 2 saturated heterocycles. The molecule has 42 heavy (non-hydrogen) atoms. The molecule has 9 atom stereocenters. The fourth-order valence-corrected chi connectivity index (χ4v) is 4.60. The number of aliphatic hydroxyl groups is 6. The van der Waals surface area contributed by atoms with Crippen molar-refractivity contribution >= 4 is 11.0 Å². The van der Waals surface area contributed by atoms with Gasteiger partial charge in [0, 0.05) is 24.3 Å². The standard InChI is InChI=1S/C26H28O16/c27-9-3-11(28)10-5-16(24(40-15(10)4-9)8-1-12(29)18(32)13(30)2-8)41-26-23(37)21(35)20(34)17(42-26)7-39-25-22(36)19(33)14(31)6-38-25/h1-5,14,17,19-23,25-26,31,33-37H,6-7H2,(H4-,27,28,29,30,32)/p+1. The zero-order valence-corrected chi connectivity index (χ0v) is 21.5. The van der Waals surface area contributed by atoms with Crippen LogP contribution in [0.25, 0.3) is 22.3 Å². The van der Waals surface area contributed by atoms with E-state index in [1.807, 2.05) is 0 Å². The molecule has 2 aliphatic heterocycles. The number of hydrogen-bond acceptors (Lipinski definition) is 15. The van der Waals surface area contributed by atoms with Crippen molar-refractivity contribution in [2.24, 2.45) is 0 Å². The zero-order chi connectivity index (χ0) is 30.5. The molecule has 0 radical (unpaired) electrons. The Morgan fingerprint density at radius 1 is 0.738 bits per heavy atom. The van der Waals surface area contributed by atoms with Gasteiger partial charge in [0.25, 0.3) is 0 Å². The maximum absolute atomic E-state index is 10.6. The molecule has 9 unspecified atom stereocenters. The van der Waals surface area contributed by atoms with Crippen LogP contribution in [0, 0.1) is 0 Å². The van der Waals surface area contributed by atoms with Crippen LogP contribution < -0.4 is 4.74 Å². The maximum atomic E-state index is 10.6. The van der Waals surface area contributed by atoms with E-state index in [2.05, 4.69) is 0 Å². The Morgan fingerprint density at radius 3 is 2.10 bits per heavy atom. The average Bonchev–Trinajstić information content (AvgIpc) is 2.94. The lowest BCUT2D eigenvalue weighted by Gasteiger charge is -2.41. The minimum atomic E-state index is -1.87. The highest BCUT2D eigenvalue weighted by molar-refractivity contribution is 5.88. The summed E-state index contributed by atoms with van der Waals surface area (Å²) in [5.41, 5.74) is -0.149. The van der Waals surface area contributed by atoms with Gasteiger partial charge in [0.1, 0.15) is 59.6 Å². The van der Waals surface area contributed by atoms with E-state index in [1.54, 1.807) is 0 Å². The Morgan fingerprint density at radius 2 is 1.40 bits per heavy atom. The first-order valence-corrected chi connectivity index (χ1v) is 12.6. The second-order valence-corrected chi connectivity index (χ2v) is 9.90. The van der Waals surface area contributed by atoms with Crippen molar-refractivity contribution in [2.75, 3.05) is 13.2 Å². The maximum Gasteiger partial charge on any atom is 0.402 e. The number of fused-ring (bicyclic) bond motifs is 1. The third-order valence-corrected chi connectivity index (χ3v) is 6.94. The minimum absolute atomic E-state index is 0.00807. The molecule has 2 aliphatic rings. The third kappa shape index (κ3) is 5.54. The molecule has 16 nitrogen and oxygen atoms in total. The Hall–Kier alpha value is -3.71. The topological polar surface area (TPSA) is 271 Å². The predicted molar refractivity (Wildman–Crippen MR) is 135 cm³/mol. The van der Waals surface area contributed by atoms with E-state index in [1.165, 1.54) is 6.07 Å². The van der Waals surface area contributed by atoms with E-state index in [0.29, 0.717) is 0 Å². The minimum Gasteiger partial charge on any atom is -0.507 e. The van der Waals surface area contributed by atoms with Crippen molar-refractivity contribution in [3.8, 4) is 45.8 Å². The summed E-state index contributed by atoms with van der Waals surface area (Å²) in [5.74, 6) is -3.64. The number of ether oxygens (including phenoxy) is 4. The van der Waals surface area contributed by atoms with Crippen molar-refractivity contribution in [2.45, 2.75) is 55.3 Å². The van der Waals surface area contributed by atoms with Crippen molar-refractivity contribution in [1.29, 1.82) is 0 Å². The van der Waals surface area contributed by atoms with Gasteiger partial charge in [0.05, 0.1) is 24.8 Å². The largest absolute Gasteiger partial charge is 0.507 e. The molecule has 2 fully saturated rings. The molecule has 3 aromatic rings. The molecule has 0 amide bonds. The molecule has 5 rings (SSSR count). The molecule has 0 aliphatic carbocycles. The van der Waals surface area contributed by atoms with Gasteiger partial charge in [0.2, 0.25) is 12.0 Å². The first-order chi connectivity index (χ1) is 19.8. The number of hydrogen-bond donors (Lipinski definition) is 11. The molecule has 0 bridgehead atoms. The number of aliphatic hydroxyl groups excluding tert-OH is 6. The first kappa shape index (κ1) is 29.8. The van der Waals surface area contributed by atoms with Gasteiger partial charge < -0.3 is 75.1 Å². The Bertz CT molecular complexity index is 1420. The molecule has 1 aromatic heterocycles. The quantitative estimate of drug-likeness (QED) is 0.115. The fourth-order valence-electron chi connectivity index (χ4n) is 4.60. The smallest absolute Gasteiger partial charge is 0.402 e. The van der Waals surface area contributed by atoms with Crippen LogP contribution >= 0.6 is 0 Å². The van der Waals surface area contributed by atoms with Crippen LogP contribution in [0.1, 0.15) is 0 Å². The van der Waals surface area contributed by atoms with Gasteiger partial charge >= 0.3 is 11.3 Å². The van der Waals surface area contributed by atoms with Crippen molar-refractivity contribution < 1.29 is 79.5 Å². The summed E-state index contributed by atoms with van der Waals surface area (Å²) in [4.78, 5) is 0. The summed E-state index contributed by atoms with van der Waals surface area (Å²) in [6.07, 6.45) is -14.6. The summed E-state index contributed by atoms with van der Waals surface area (Å²) in [5, 5.41) is 111. The SMILES string of the molecule is Oc1cc(O)c2cc(OC3OC(COC4OCC(O)C(O)C4O)C(O)C(O)C3O)c(-c3cc(O)c(O)c(O)c3)[o+]c2c1. The Labute approximate surface area is 235 Å². The van der Waals surface area contributed by atoms with Crippen LogP contribution in [0.5, 0.6) is 34.5 Å². The summed E-state index contributed by atoms with van der Waals surface area (Å²) in [6, 6.07) is 5.38. The van der Waals surface area contributed by atoms with Gasteiger partial charge in [-0.2, -0.15) is 0 Å². The first-order valence-electron chi connectivity index (χ1n) is 12.6. The van der Waals surface area contributed by atoms with E-state index < -0.39 is 84.9 Å². The number of phenolic OH excluding ortho intramolecular Hbond substituents is 5. The van der Waals surface area contributed by atoms with Gasteiger partial charge in [-0.1, -0.05) is 0 Å². The monoisotopic (exact) mass is 597 g/mol. The van der Waals surface area contributed by atoms with Gasteiger partial charge in [-0.25, -0.2) is 4.42 Å². The zero-order valence-electron chi connectivity index (χ0n) is 21.5. The normalized spacial score (nSPS) is 31.7.